The van der Waals surface area contributed by atoms with Crippen LogP contribution in [0, 0.1) is 10.1 Å². The van der Waals surface area contributed by atoms with E-state index in [-0.39, 0.29) is 0 Å². The Morgan fingerprint density at radius 2 is 2.27 bits per heavy atom. The predicted molar refractivity (Wildman–Crippen MR) is 52.0 cm³/mol. The molecule has 1 aromatic rings. The van der Waals surface area contributed by atoms with Crippen LogP contribution in [-0.4, -0.2) is 7.11 Å². The Hall–Kier alpha value is -0.760. The molecule has 0 unspecified atom stereocenters. The van der Waals surface area contributed by atoms with E-state index in [2.05, 4.69) is 27.4 Å². The first-order valence-electron chi connectivity index (χ1n) is 2.99. The summed E-state index contributed by atoms with van der Waals surface area (Å²) in [7, 11) is 1.62. The van der Waals surface area contributed by atoms with E-state index in [9.17, 15) is 0 Å². The van der Waals surface area contributed by atoms with Crippen molar-refractivity contribution in [1.82, 2.24) is 0 Å². The fraction of sp³-hybridized carbons (Fsp3) is 0.125. The zero-order valence-corrected chi connectivity index (χ0v) is 8.12. The molecule has 0 heterocycles. The maximum Gasteiger partial charge on any atom is 0.188 e. The highest BCUT2D eigenvalue weighted by Crippen LogP contribution is 2.25. The first-order chi connectivity index (χ1) is 5.27. The third-order valence-electron chi connectivity index (χ3n) is 1.26. The average molecular weight is 259 g/mol. The largest absolute Gasteiger partial charge is 0.496 e. The van der Waals surface area contributed by atoms with Gasteiger partial charge in [0, 0.05) is 3.57 Å². The van der Waals surface area contributed by atoms with Crippen molar-refractivity contribution in [3.05, 3.63) is 33.2 Å². The zero-order chi connectivity index (χ0) is 8.27. The van der Waals surface area contributed by atoms with E-state index in [0.717, 1.165) is 9.32 Å². The smallest absolute Gasteiger partial charge is 0.188 e. The summed E-state index contributed by atoms with van der Waals surface area (Å²) < 4.78 is 6.00. The highest BCUT2D eigenvalue weighted by Gasteiger charge is 1.98. The molecule has 0 radical (unpaired) electrons. The van der Waals surface area contributed by atoms with E-state index in [0.29, 0.717) is 5.69 Å². The highest BCUT2D eigenvalue weighted by molar-refractivity contribution is 14.1. The van der Waals surface area contributed by atoms with Crippen LogP contribution in [0.25, 0.3) is 4.85 Å². The lowest BCUT2D eigenvalue weighted by Crippen LogP contribution is -1.84. The molecule has 0 bridgehead atoms. The second kappa shape index (κ2) is 3.58. The Labute approximate surface area is 79.1 Å². The van der Waals surface area contributed by atoms with Crippen molar-refractivity contribution in [3.63, 3.8) is 0 Å². The lowest BCUT2D eigenvalue weighted by atomic mass is 10.3. The summed E-state index contributed by atoms with van der Waals surface area (Å²) in [6.07, 6.45) is 0. The van der Waals surface area contributed by atoms with E-state index in [1.54, 1.807) is 25.3 Å². The molecule has 0 amide bonds. The van der Waals surface area contributed by atoms with Crippen LogP contribution < -0.4 is 4.74 Å². The molecule has 56 valence electrons. The van der Waals surface area contributed by atoms with Crippen molar-refractivity contribution in [2.24, 2.45) is 0 Å². The lowest BCUT2D eigenvalue weighted by Gasteiger charge is -2.01. The van der Waals surface area contributed by atoms with Crippen molar-refractivity contribution in [3.8, 4) is 5.75 Å². The summed E-state index contributed by atoms with van der Waals surface area (Å²) in [6, 6.07) is 5.34. The summed E-state index contributed by atoms with van der Waals surface area (Å²) in [6.45, 7) is 6.75. The molecule has 0 aliphatic heterocycles. The summed E-state index contributed by atoms with van der Waals surface area (Å²) in [5.74, 6) is 0.818. The Balaban J connectivity index is 3.12. The predicted octanol–water partition coefficient (Wildman–Crippen LogP) is 2.85. The molecule has 1 rings (SSSR count). The van der Waals surface area contributed by atoms with Crippen LogP contribution in [0.1, 0.15) is 0 Å². The van der Waals surface area contributed by atoms with Gasteiger partial charge in [0.1, 0.15) is 5.75 Å². The number of ether oxygens (including phenoxy) is 1. The van der Waals surface area contributed by atoms with E-state index in [4.69, 9.17) is 11.3 Å². The van der Waals surface area contributed by atoms with Gasteiger partial charge in [0.2, 0.25) is 0 Å². The number of nitrogens with zero attached hydrogens (tertiary/aromatic N) is 1. The molecular formula is C8H6INO. The first kappa shape index (κ1) is 8.34. The van der Waals surface area contributed by atoms with Crippen LogP contribution in [-0.2, 0) is 0 Å². The average Bonchev–Trinajstić information content (AvgIpc) is 2.04. The number of rotatable bonds is 1. The fourth-order valence-corrected chi connectivity index (χ4v) is 1.44. The molecule has 0 aliphatic rings. The Morgan fingerprint density at radius 1 is 1.55 bits per heavy atom. The van der Waals surface area contributed by atoms with Gasteiger partial charge in [-0.15, -0.1) is 0 Å². The number of hydrogen-bond acceptors (Lipinski definition) is 1. The van der Waals surface area contributed by atoms with Crippen molar-refractivity contribution < 1.29 is 4.74 Å². The van der Waals surface area contributed by atoms with Gasteiger partial charge < -0.3 is 4.74 Å². The maximum atomic E-state index is 6.75. The third kappa shape index (κ3) is 1.84. The zero-order valence-electron chi connectivity index (χ0n) is 5.97. The Kier molecular flexibility index (Phi) is 2.71. The molecule has 0 saturated heterocycles. The van der Waals surface area contributed by atoms with Gasteiger partial charge in [0.15, 0.2) is 5.69 Å². The molecule has 0 atom stereocenters. The molecule has 0 spiro atoms. The van der Waals surface area contributed by atoms with Crippen molar-refractivity contribution in [2.75, 3.05) is 7.11 Å². The van der Waals surface area contributed by atoms with Gasteiger partial charge >= 0.3 is 0 Å². The van der Waals surface area contributed by atoms with E-state index in [1.807, 2.05) is 0 Å². The van der Waals surface area contributed by atoms with Crippen LogP contribution in [0.5, 0.6) is 5.75 Å². The van der Waals surface area contributed by atoms with Crippen molar-refractivity contribution in [1.29, 1.82) is 0 Å². The van der Waals surface area contributed by atoms with Gasteiger partial charge in [-0.2, -0.15) is 0 Å². The van der Waals surface area contributed by atoms with E-state index < -0.39 is 0 Å². The summed E-state index contributed by atoms with van der Waals surface area (Å²) >= 11 is 2.14. The number of halogens is 1. The molecule has 3 heteroatoms. The van der Waals surface area contributed by atoms with Gasteiger partial charge in [-0.25, -0.2) is 4.85 Å². The molecule has 1 aromatic carbocycles. The normalized spacial score (nSPS) is 8.82. The Bertz CT molecular complexity index is 303. The summed E-state index contributed by atoms with van der Waals surface area (Å²) in [4.78, 5) is 3.30. The molecule has 0 fully saturated rings. The molecule has 0 saturated carbocycles. The van der Waals surface area contributed by atoms with Crippen LogP contribution in [0.2, 0.25) is 0 Å². The minimum absolute atomic E-state index is 0.648. The van der Waals surface area contributed by atoms with Gasteiger partial charge in [-0.3, -0.25) is 0 Å². The summed E-state index contributed by atoms with van der Waals surface area (Å²) in [5, 5.41) is 0. The monoisotopic (exact) mass is 259 g/mol. The van der Waals surface area contributed by atoms with Gasteiger partial charge in [-0.05, 0) is 34.7 Å². The van der Waals surface area contributed by atoms with Crippen LogP contribution in [0.15, 0.2) is 18.2 Å². The number of benzene rings is 1. The summed E-state index contributed by atoms with van der Waals surface area (Å²) in [5.41, 5.74) is 0.648. The van der Waals surface area contributed by atoms with E-state index in [1.165, 1.54) is 0 Å². The van der Waals surface area contributed by atoms with E-state index >= 15 is 0 Å². The van der Waals surface area contributed by atoms with Crippen molar-refractivity contribution >= 4 is 28.3 Å². The third-order valence-corrected chi connectivity index (χ3v) is 2.11. The number of methoxy groups -OCH3 is 1. The van der Waals surface area contributed by atoms with Gasteiger partial charge in [0.05, 0.1) is 13.7 Å². The quantitative estimate of drug-likeness (QED) is 0.558. The van der Waals surface area contributed by atoms with Crippen molar-refractivity contribution in [2.45, 2.75) is 0 Å². The maximum absolute atomic E-state index is 6.75. The molecule has 2 nitrogen and oxygen atoms in total. The van der Waals surface area contributed by atoms with Crippen LogP contribution in [0.3, 0.4) is 0 Å². The topological polar surface area (TPSA) is 13.6 Å². The highest BCUT2D eigenvalue weighted by atomic mass is 127. The first-order valence-corrected chi connectivity index (χ1v) is 4.07. The van der Waals surface area contributed by atoms with Crippen LogP contribution in [0.4, 0.5) is 5.69 Å². The number of hydrogen-bond donors (Lipinski definition) is 0. The molecule has 0 N–H and O–H groups in total. The minimum atomic E-state index is 0.648. The fourth-order valence-electron chi connectivity index (χ4n) is 0.725. The second-order valence-electron chi connectivity index (χ2n) is 1.93. The molecule has 11 heavy (non-hydrogen) atoms. The van der Waals surface area contributed by atoms with Gasteiger partial charge in [0.25, 0.3) is 0 Å². The second-order valence-corrected chi connectivity index (χ2v) is 3.09. The Morgan fingerprint density at radius 3 is 2.73 bits per heavy atom. The SMILES string of the molecule is [C-]#[N+]c1ccc(OC)c(I)c1. The molecular weight excluding hydrogens is 253 g/mol. The molecule has 0 aliphatic carbocycles. The van der Waals surface area contributed by atoms with Crippen LogP contribution >= 0.6 is 22.6 Å². The lowest BCUT2D eigenvalue weighted by molar-refractivity contribution is 0.412. The van der Waals surface area contributed by atoms with Gasteiger partial charge in [-0.1, -0.05) is 6.07 Å². The molecule has 0 aromatic heterocycles. The minimum Gasteiger partial charge on any atom is -0.496 e. The standard InChI is InChI=1S/C8H6INO/c1-10-6-3-4-8(11-2)7(9)5-6/h3-5H,2H3.